The van der Waals surface area contributed by atoms with Gasteiger partial charge in [-0.25, -0.2) is 4.98 Å². The lowest BCUT2D eigenvalue weighted by atomic mass is 9.88. The van der Waals surface area contributed by atoms with Crippen LogP contribution in [0.2, 0.25) is 0 Å². The van der Waals surface area contributed by atoms with E-state index in [1.807, 2.05) is 0 Å². The number of hydrogen-bond acceptors (Lipinski definition) is 3. The third kappa shape index (κ3) is 3.39. The predicted octanol–water partition coefficient (Wildman–Crippen LogP) is 3.59. The van der Waals surface area contributed by atoms with E-state index in [0.717, 1.165) is 6.07 Å². The first kappa shape index (κ1) is 15.2. The quantitative estimate of drug-likeness (QED) is 0.800. The van der Waals surface area contributed by atoms with E-state index in [2.05, 4.69) is 20.2 Å². The lowest BCUT2D eigenvalue weighted by Crippen LogP contribution is -2.15. The van der Waals surface area contributed by atoms with Gasteiger partial charge in [-0.2, -0.15) is 23.4 Å². The Labute approximate surface area is 130 Å². The summed E-state index contributed by atoms with van der Waals surface area (Å²) < 4.78 is 40.0. The van der Waals surface area contributed by atoms with Crippen LogP contribution in [0.25, 0.3) is 0 Å². The Morgan fingerprint density at radius 1 is 1.09 bits per heavy atom. The Kier molecular flexibility index (Phi) is 4.10. The molecule has 0 aliphatic rings. The molecular weight excluding hydrogens is 305 g/mol. The van der Waals surface area contributed by atoms with E-state index in [9.17, 15) is 13.2 Å². The molecule has 23 heavy (non-hydrogen) atoms. The Hall–Kier alpha value is -2.70. The summed E-state index contributed by atoms with van der Waals surface area (Å²) in [6, 6.07) is 9.03. The van der Waals surface area contributed by atoms with Gasteiger partial charge < -0.3 is 4.98 Å². The van der Waals surface area contributed by atoms with Gasteiger partial charge in [0, 0.05) is 30.4 Å². The van der Waals surface area contributed by atoms with E-state index in [4.69, 9.17) is 0 Å². The van der Waals surface area contributed by atoms with E-state index in [1.165, 1.54) is 30.9 Å². The van der Waals surface area contributed by atoms with Gasteiger partial charge in [-0.05, 0) is 23.8 Å². The van der Waals surface area contributed by atoms with Crippen molar-refractivity contribution in [3.05, 3.63) is 77.6 Å². The first-order valence-electron chi connectivity index (χ1n) is 6.96. The Bertz CT molecular complexity index is 755. The molecule has 0 saturated carbocycles. The molecule has 0 bridgehead atoms. The minimum absolute atomic E-state index is 0.190. The summed E-state index contributed by atoms with van der Waals surface area (Å²) in [5.41, 5.74) is 0.759. The number of hydrogen-bond donors (Lipinski definition) is 1. The van der Waals surface area contributed by atoms with E-state index in [0.29, 0.717) is 17.8 Å². The van der Waals surface area contributed by atoms with Gasteiger partial charge in [0.25, 0.3) is 0 Å². The molecule has 0 fully saturated rings. The molecule has 0 aliphatic heterocycles. The second kappa shape index (κ2) is 6.20. The average Bonchev–Trinajstić information content (AvgIpc) is 3.07. The van der Waals surface area contributed by atoms with Crippen LogP contribution in [0.3, 0.4) is 0 Å². The molecule has 1 atom stereocenters. The summed E-state index contributed by atoms with van der Waals surface area (Å²) in [7, 11) is 0. The molecule has 1 N–H and O–H groups in total. The fourth-order valence-electron chi connectivity index (χ4n) is 2.56. The number of nitrogens with zero attached hydrogens (tertiary/aromatic N) is 3. The number of halogens is 3. The average molecular weight is 318 g/mol. The zero-order chi connectivity index (χ0) is 16.3. The van der Waals surface area contributed by atoms with Crippen LogP contribution in [0, 0.1) is 0 Å². The normalized spacial score (nSPS) is 13.0. The predicted molar refractivity (Wildman–Crippen MR) is 77.6 cm³/mol. The molecule has 1 aromatic carbocycles. The van der Waals surface area contributed by atoms with E-state index in [1.54, 1.807) is 18.2 Å². The number of imidazole rings is 1. The van der Waals surface area contributed by atoms with Gasteiger partial charge >= 0.3 is 6.18 Å². The molecular formula is C16H13F3N4. The molecule has 118 valence electrons. The summed E-state index contributed by atoms with van der Waals surface area (Å²) in [5, 5.41) is 7.77. The minimum atomic E-state index is -4.42. The van der Waals surface area contributed by atoms with Crippen molar-refractivity contribution in [2.24, 2.45) is 0 Å². The van der Waals surface area contributed by atoms with Crippen LogP contribution in [-0.2, 0) is 12.6 Å². The van der Waals surface area contributed by atoms with Crippen LogP contribution < -0.4 is 0 Å². The maximum atomic E-state index is 13.3. The molecule has 3 rings (SSSR count). The zero-order valence-corrected chi connectivity index (χ0v) is 12.0. The van der Waals surface area contributed by atoms with Gasteiger partial charge in [-0.1, -0.05) is 18.2 Å². The molecule has 0 amide bonds. The van der Waals surface area contributed by atoms with E-state index < -0.39 is 17.7 Å². The van der Waals surface area contributed by atoms with E-state index in [-0.39, 0.29) is 5.56 Å². The number of nitrogens with one attached hydrogen (secondary N) is 1. The van der Waals surface area contributed by atoms with Gasteiger partial charge in [-0.15, -0.1) is 0 Å². The fourth-order valence-corrected chi connectivity index (χ4v) is 2.56. The lowest BCUT2D eigenvalue weighted by molar-refractivity contribution is -0.138. The summed E-state index contributed by atoms with van der Waals surface area (Å²) in [4.78, 5) is 6.84. The SMILES string of the molecule is FC(F)(F)c1ccccc1C(Cc1cccnn1)c1cnc[nH]1. The summed E-state index contributed by atoms with van der Waals surface area (Å²) in [6.07, 6.45) is 0.391. The first-order valence-corrected chi connectivity index (χ1v) is 6.96. The lowest BCUT2D eigenvalue weighted by Gasteiger charge is -2.20. The van der Waals surface area contributed by atoms with Gasteiger partial charge in [0.2, 0.25) is 0 Å². The minimum Gasteiger partial charge on any atom is -0.348 e. The summed E-state index contributed by atoms with van der Waals surface area (Å²) in [5.74, 6) is -0.535. The Morgan fingerprint density at radius 2 is 1.91 bits per heavy atom. The second-order valence-corrected chi connectivity index (χ2v) is 5.06. The van der Waals surface area contributed by atoms with Crippen LogP contribution >= 0.6 is 0 Å². The van der Waals surface area contributed by atoms with Crippen molar-refractivity contribution in [1.29, 1.82) is 0 Å². The second-order valence-electron chi connectivity index (χ2n) is 5.06. The van der Waals surface area contributed by atoms with Crippen molar-refractivity contribution in [3.8, 4) is 0 Å². The molecule has 3 aromatic rings. The monoisotopic (exact) mass is 318 g/mol. The van der Waals surface area contributed by atoms with Crippen molar-refractivity contribution in [2.45, 2.75) is 18.5 Å². The highest BCUT2D eigenvalue weighted by Gasteiger charge is 2.35. The number of alkyl halides is 3. The molecule has 4 nitrogen and oxygen atoms in total. The molecule has 0 saturated heterocycles. The maximum absolute atomic E-state index is 13.3. The van der Waals surface area contributed by atoms with Crippen molar-refractivity contribution in [2.75, 3.05) is 0 Å². The Morgan fingerprint density at radius 3 is 2.57 bits per heavy atom. The van der Waals surface area contributed by atoms with Gasteiger partial charge in [-0.3, -0.25) is 0 Å². The number of aromatic nitrogens is 4. The molecule has 7 heteroatoms. The fraction of sp³-hybridized carbons (Fsp3) is 0.188. The van der Waals surface area contributed by atoms with Crippen molar-refractivity contribution in [3.63, 3.8) is 0 Å². The number of rotatable bonds is 4. The standard InChI is InChI=1S/C16H13F3N4/c17-16(18,19)14-6-2-1-5-12(14)13(15-9-20-10-21-15)8-11-4-3-7-22-23-11/h1-7,9-10,13H,8H2,(H,20,21). The molecule has 0 radical (unpaired) electrons. The molecule has 2 heterocycles. The van der Waals surface area contributed by atoms with Crippen molar-refractivity contribution in [1.82, 2.24) is 20.2 Å². The van der Waals surface area contributed by atoms with Crippen molar-refractivity contribution < 1.29 is 13.2 Å². The van der Waals surface area contributed by atoms with Crippen LogP contribution in [0.5, 0.6) is 0 Å². The van der Waals surface area contributed by atoms with Crippen LogP contribution in [0.15, 0.2) is 55.1 Å². The smallest absolute Gasteiger partial charge is 0.348 e. The van der Waals surface area contributed by atoms with Crippen LogP contribution in [0.4, 0.5) is 13.2 Å². The maximum Gasteiger partial charge on any atom is 0.416 e. The summed E-state index contributed by atoms with van der Waals surface area (Å²) in [6.45, 7) is 0. The Balaban J connectivity index is 2.07. The van der Waals surface area contributed by atoms with Gasteiger partial charge in [0.05, 0.1) is 17.6 Å². The number of benzene rings is 1. The zero-order valence-electron chi connectivity index (χ0n) is 12.0. The highest BCUT2D eigenvalue weighted by Crippen LogP contribution is 2.38. The molecule has 0 spiro atoms. The number of H-pyrrole nitrogens is 1. The highest BCUT2D eigenvalue weighted by atomic mass is 19.4. The van der Waals surface area contributed by atoms with Gasteiger partial charge in [0.1, 0.15) is 0 Å². The third-order valence-electron chi connectivity index (χ3n) is 3.58. The van der Waals surface area contributed by atoms with Crippen LogP contribution in [0.1, 0.15) is 28.4 Å². The number of aromatic amines is 1. The van der Waals surface area contributed by atoms with Crippen LogP contribution in [-0.4, -0.2) is 20.2 Å². The highest BCUT2D eigenvalue weighted by molar-refractivity contribution is 5.38. The first-order chi connectivity index (χ1) is 11.1. The summed E-state index contributed by atoms with van der Waals surface area (Å²) >= 11 is 0. The van der Waals surface area contributed by atoms with Gasteiger partial charge in [0.15, 0.2) is 0 Å². The molecule has 1 unspecified atom stereocenters. The third-order valence-corrected chi connectivity index (χ3v) is 3.58. The molecule has 0 aliphatic carbocycles. The van der Waals surface area contributed by atoms with Crippen molar-refractivity contribution >= 4 is 0 Å². The topological polar surface area (TPSA) is 54.5 Å². The molecule has 2 aromatic heterocycles. The largest absolute Gasteiger partial charge is 0.416 e. The van der Waals surface area contributed by atoms with E-state index >= 15 is 0 Å².